The highest BCUT2D eigenvalue weighted by atomic mass is 79.9. The van der Waals surface area contributed by atoms with Crippen LogP contribution in [0.1, 0.15) is 42.3 Å². The number of alkyl halides is 1. The Morgan fingerprint density at radius 3 is 2.50 bits per heavy atom. The van der Waals surface area contributed by atoms with Crippen molar-refractivity contribution in [1.82, 2.24) is 0 Å². The summed E-state index contributed by atoms with van der Waals surface area (Å²) >= 11 is 15.1. The summed E-state index contributed by atoms with van der Waals surface area (Å²) in [4.78, 5) is 1.84. The zero-order chi connectivity index (χ0) is 11.7. The molecule has 1 aromatic rings. The van der Waals surface area contributed by atoms with Crippen molar-refractivity contribution in [3.8, 4) is 0 Å². The largest absolute Gasteiger partial charge is 0.126 e. The number of hydrogen-bond acceptors (Lipinski definition) is 1. The molecule has 0 amide bonds. The molecule has 0 bridgehead atoms. The Labute approximate surface area is 123 Å². The summed E-state index contributed by atoms with van der Waals surface area (Å²) in [6.45, 7) is 2.36. The lowest BCUT2D eigenvalue weighted by molar-refractivity contribution is 0.288. The molecule has 1 fully saturated rings. The van der Waals surface area contributed by atoms with Crippen LogP contribution >= 0.6 is 54.8 Å². The van der Waals surface area contributed by atoms with Gasteiger partial charge in [-0.2, -0.15) is 0 Å². The summed E-state index contributed by atoms with van der Waals surface area (Å²) in [7, 11) is 0. The van der Waals surface area contributed by atoms with Crippen molar-refractivity contribution in [3.63, 3.8) is 0 Å². The van der Waals surface area contributed by atoms with Crippen molar-refractivity contribution in [2.45, 2.75) is 37.4 Å². The molecule has 0 N–H and O–H groups in total. The quantitative estimate of drug-likeness (QED) is 0.514. The fourth-order valence-electron chi connectivity index (χ4n) is 2.31. The van der Waals surface area contributed by atoms with E-state index in [-0.39, 0.29) is 0 Å². The van der Waals surface area contributed by atoms with Crippen molar-refractivity contribution in [2.75, 3.05) is 0 Å². The lowest BCUT2D eigenvalue weighted by Crippen LogP contribution is -2.15. The second-order valence-electron chi connectivity index (χ2n) is 4.69. The monoisotopic (exact) mass is 384 g/mol. The fraction of sp³-hybridized carbons (Fsp3) is 0.667. The Morgan fingerprint density at radius 1 is 1.38 bits per heavy atom. The smallest absolute Gasteiger partial charge is 0.107 e. The molecule has 90 valence electrons. The van der Waals surface area contributed by atoms with E-state index in [0.29, 0.717) is 4.83 Å². The Kier molecular flexibility index (Phi) is 4.79. The zero-order valence-corrected chi connectivity index (χ0v) is 13.9. The van der Waals surface area contributed by atoms with Crippen LogP contribution in [0.2, 0.25) is 4.34 Å². The number of hydrogen-bond donors (Lipinski definition) is 0. The van der Waals surface area contributed by atoms with E-state index in [1.807, 2.05) is 0 Å². The summed E-state index contributed by atoms with van der Waals surface area (Å²) < 4.78 is 1.89. The Hall–Kier alpha value is 0.950. The number of halogens is 3. The summed E-state index contributed by atoms with van der Waals surface area (Å²) in [6, 6.07) is 2.16. The van der Waals surface area contributed by atoms with Gasteiger partial charge in [-0.05, 0) is 46.7 Å². The van der Waals surface area contributed by atoms with Crippen molar-refractivity contribution in [2.24, 2.45) is 11.8 Å². The zero-order valence-electron chi connectivity index (χ0n) is 9.18. The highest BCUT2D eigenvalue weighted by molar-refractivity contribution is 9.10. The van der Waals surface area contributed by atoms with E-state index in [1.54, 1.807) is 11.3 Å². The molecule has 1 aliphatic carbocycles. The minimum atomic E-state index is 0.480. The lowest BCUT2D eigenvalue weighted by atomic mass is 9.81. The van der Waals surface area contributed by atoms with Crippen LogP contribution in [-0.4, -0.2) is 0 Å². The van der Waals surface area contributed by atoms with Crippen LogP contribution in [0.15, 0.2) is 10.5 Å². The van der Waals surface area contributed by atoms with Crippen LogP contribution in [0, 0.1) is 11.8 Å². The summed E-state index contributed by atoms with van der Waals surface area (Å²) in [5.74, 6) is 1.69. The van der Waals surface area contributed by atoms with Gasteiger partial charge in [0.25, 0.3) is 0 Å². The molecule has 0 saturated heterocycles. The van der Waals surface area contributed by atoms with Gasteiger partial charge in [-0.15, -0.1) is 11.3 Å². The van der Waals surface area contributed by atoms with Gasteiger partial charge in [-0.3, -0.25) is 0 Å². The van der Waals surface area contributed by atoms with E-state index < -0.39 is 0 Å². The van der Waals surface area contributed by atoms with Gasteiger partial charge in [-0.25, -0.2) is 0 Å². The SMILES string of the molecule is CC1CCC(C(Br)c2cc(Br)c(Cl)s2)CC1. The molecule has 0 aliphatic heterocycles. The standard InChI is InChI=1S/C12H15Br2ClS/c1-7-2-4-8(5-3-7)11(14)10-6-9(13)12(15)16-10/h6-8,11H,2-5H2,1H3. The fourth-order valence-corrected chi connectivity index (χ4v) is 5.06. The van der Waals surface area contributed by atoms with E-state index in [0.717, 1.165) is 20.6 Å². The Balaban J connectivity index is 2.04. The van der Waals surface area contributed by atoms with E-state index >= 15 is 0 Å². The third-order valence-corrected chi connectivity index (χ3v) is 7.51. The lowest BCUT2D eigenvalue weighted by Gasteiger charge is -2.29. The second kappa shape index (κ2) is 5.73. The Bertz CT molecular complexity index is 336. The van der Waals surface area contributed by atoms with Gasteiger partial charge in [-0.1, -0.05) is 47.3 Å². The molecular formula is C12H15Br2ClS. The minimum absolute atomic E-state index is 0.480. The summed E-state index contributed by atoms with van der Waals surface area (Å²) in [5.41, 5.74) is 0. The molecule has 1 aliphatic rings. The molecule has 4 heteroatoms. The molecule has 1 unspecified atom stereocenters. The van der Waals surface area contributed by atoms with Crippen molar-refractivity contribution in [1.29, 1.82) is 0 Å². The normalized spacial score (nSPS) is 28.0. The molecule has 1 saturated carbocycles. The predicted molar refractivity (Wildman–Crippen MR) is 79.8 cm³/mol. The van der Waals surface area contributed by atoms with Gasteiger partial charge in [0.15, 0.2) is 0 Å². The molecule has 1 heterocycles. The average molecular weight is 387 g/mol. The first kappa shape index (κ1) is 13.4. The highest BCUT2D eigenvalue weighted by Gasteiger charge is 2.26. The topological polar surface area (TPSA) is 0 Å². The van der Waals surface area contributed by atoms with Crippen LogP contribution < -0.4 is 0 Å². The van der Waals surface area contributed by atoms with Crippen LogP contribution in [0.5, 0.6) is 0 Å². The molecular weight excluding hydrogens is 371 g/mol. The van der Waals surface area contributed by atoms with Gasteiger partial charge < -0.3 is 0 Å². The van der Waals surface area contributed by atoms with Crippen LogP contribution in [0.3, 0.4) is 0 Å². The molecule has 16 heavy (non-hydrogen) atoms. The van der Waals surface area contributed by atoms with Crippen molar-refractivity contribution >= 4 is 54.8 Å². The second-order valence-corrected chi connectivity index (χ2v) is 8.22. The molecule has 1 atom stereocenters. The molecule has 1 aromatic heterocycles. The van der Waals surface area contributed by atoms with Gasteiger partial charge in [0.05, 0.1) is 4.83 Å². The molecule has 0 aromatic carbocycles. The predicted octanol–water partition coefficient (Wildman–Crippen LogP) is 6.43. The average Bonchev–Trinajstić information content (AvgIpc) is 2.59. The van der Waals surface area contributed by atoms with Crippen LogP contribution in [0.4, 0.5) is 0 Å². The molecule has 0 nitrogen and oxygen atoms in total. The van der Waals surface area contributed by atoms with E-state index in [1.165, 1.54) is 30.6 Å². The maximum absolute atomic E-state index is 6.09. The maximum atomic E-state index is 6.09. The summed E-state index contributed by atoms with van der Waals surface area (Å²) in [6.07, 6.45) is 5.41. The van der Waals surface area contributed by atoms with Crippen molar-refractivity contribution < 1.29 is 0 Å². The van der Waals surface area contributed by atoms with E-state index in [9.17, 15) is 0 Å². The third-order valence-electron chi connectivity index (χ3n) is 3.41. The Morgan fingerprint density at radius 2 is 2.00 bits per heavy atom. The highest BCUT2D eigenvalue weighted by Crippen LogP contribution is 2.46. The van der Waals surface area contributed by atoms with Gasteiger partial charge >= 0.3 is 0 Å². The third kappa shape index (κ3) is 3.04. The summed E-state index contributed by atoms with van der Waals surface area (Å²) in [5, 5.41) is 0. The first-order valence-corrected chi connectivity index (χ1v) is 8.57. The van der Waals surface area contributed by atoms with Crippen molar-refractivity contribution in [3.05, 3.63) is 19.8 Å². The van der Waals surface area contributed by atoms with Gasteiger partial charge in [0, 0.05) is 9.35 Å². The van der Waals surface area contributed by atoms with Crippen LogP contribution in [-0.2, 0) is 0 Å². The minimum Gasteiger partial charge on any atom is -0.126 e. The number of thiophene rings is 1. The van der Waals surface area contributed by atoms with E-state index in [4.69, 9.17) is 11.6 Å². The van der Waals surface area contributed by atoms with E-state index in [2.05, 4.69) is 44.8 Å². The molecule has 2 rings (SSSR count). The first-order valence-electron chi connectivity index (χ1n) is 5.66. The number of rotatable bonds is 2. The molecule has 0 spiro atoms. The molecule has 0 radical (unpaired) electrons. The van der Waals surface area contributed by atoms with Crippen LogP contribution in [0.25, 0.3) is 0 Å². The maximum Gasteiger partial charge on any atom is 0.107 e. The van der Waals surface area contributed by atoms with Gasteiger partial charge in [0.2, 0.25) is 0 Å². The van der Waals surface area contributed by atoms with Gasteiger partial charge in [0.1, 0.15) is 4.34 Å². The first-order chi connectivity index (χ1) is 7.58.